The number of benzene rings is 1. The van der Waals surface area contributed by atoms with Crippen molar-refractivity contribution in [2.45, 2.75) is 6.42 Å². The number of hydrogen-bond donors (Lipinski definition) is 1. The molecule has 0 aliphatic carbocycles. The molecule has 0 bridgehead atoms. The van der Waals surface area contributed by atoms with Crippen LogP contribution in [0, 0.1) is 0 Å². The van der Waals surface area contributed by atoms with E-state index >= 15 is 0 Å². The first-order valence-corrected chi connectivity index (χ1v) is 8.31. The van der Waals surface area contributed by atoms with Crippen LogP contribution in [0.5, 0.6) is 11.5 Å². The summed E-state index contributed by atoms with van der Waals surface area (Å²) < 4.78 is 5.14. The molecule has 2 aromatic heterocycles. The van der Waals surface area contributed by atoms with Crippen molar-refractivity contribution in [1.29, 1.82) is 0 Å². The number of phenolic OH excluding ortho intramolecular Hbond substituents is 1. The van der Waals surface area contributed by atoms with Crippen LogP contribution in [0.25, 0.3) is 10.7 Å². The predicted molar refractivity (Wildman–Crippen MR) is 94.8 cm³/mol. The fourth-order valence-electron chi connectivity index (χ4n) is 2.23. The summed E-state index contributed by atoms with van der Waals surface area (Å²) in [6.07, 6.45) is 2.56. The molecule has 0 aliphatic rings. The number of rotatable bonds is 6. The number of phenols is 1. The Hall–Kier alpha value is -2.67. The van der Waals surface area contributed by atoms with Crippen LogP contribution < -0.4 is 9.64 Å². The third-order valence-electron chi connectivity index (χ3n) is 3.60. The van der Waals surface area contributed by atoms with Crippen molar-refractivity contribution >= 4 is 16.5 Å². The molecule has 7 heteroatoms. The van der Waals surface area contributed by atoms with Gasteiger partial charge in [0.15, 0.2) is 16.5 Å². The molecule has 0 aliphatic heterocycles. The second-order valence-corrected chi connectivity index (χ2v) is 6.24. The summed E-state index contributed by atoms with van der Waals surface area (Å²) in [5.41, 5.74) is 1.92. The average Bonchev–Trinajstić information content (AvgIpc) is 3.12. The van der Waals surface area contributed by atoms with Gasteiger partial charge in [0.05, 0.1) is 7.11 Å². The fraction of sp³-hybridized carbons (Fsp3) is 0.235. The summed E-state index contributed by atoms with van der Waals surface area (Å²) in [4.78, 5) is 6.35. The van der Waals surface area contributed by atoms with Gasteiger partial charge in [0.25, 0.3) is 0 Å². The van der Waals surface area contributed by atoms with E-state index in [2.05, 4.69) is 20.1 Å². The molecule has 24 heavy (non-hydrogen) atoms. The Bertz CT molecular complexity index is 807. The van der Waals surface area contributed by atoms with Crippen molar-refractivity contribution in [3.05, 3.63) is 48.2 Å². The Morgan fingerprint density at radius 2 is 2.08 bits per heavy atom. The molecule has 0 spiro atoms. The lowest BCUT2D eigenvalue weighted by Crippen LogP contribution is -2.20. The molecule has 0 amide bonds. The monoisotopic (exact) mass is 342 g/mol. The summed E-state index contributed by atoms with van der Waals surface area (Å²) in [6.45, 7) is 0.783. The molecule has 3 aromatic rings. The first kappa shape index (κ1) is 16.2. The van der Waals surface area contributed by atoms with Gasteiger partial charge in [0.1, 0.15) is 5.69 Å². The number of methoxy groups -OCH3 is 1. The molecule has 6 nitrogen and oxygen atoms in total. The number of hydrogen-bond acceptors (Lipinski definition) is 7. The summed E-state index contributed by atoms with van der Waals surface area (Å²) in [7, 11) is 3.53. The fourth-order valence-corrected chi connectivity index (χ4v) is 3.04. The molecule has 0 fully saturated rings. The first-order valence-electron chi connectivity index (χ1n) is 7.49. The largest absolute Gasteiger partial charge is 0.504 e. The van der Waals surface area contributed by atoms with Crippen LogP contribution in [0.3, 0.4) is 0 Å². The van der Waals surface area contributed by atoms with E-state index in [1.165, 1.54) is 11.3 Å². The average molecular weight is 342 g/mol. The highest BCUT2D eigenvalue weighted by Gasteiger charge is 2.11. The van der Waals surface area contributed by atoms with Crippen LogP contribution in [0.15, 0.2) is 42.6 Å². The highest BCUT2D eigenvalue weighted by atomic mass is 32.1. The van der Waals surface area contributed by atoms with E-state index in [1.807, 2.05) is 37.4 Å². The Labute approximate surface area is 144 Å². The van der Waals surface area contributed by atoms with Gasteiger partial charge in [-0.2, -0.15) is 0 Å². The number of aromatic nitrogens is 3. The van der Waals surface area contributed by atoms with E-state index in [9.17, 15) is 5.11 Å². The minimum absolute atomic E-state index is 0.152. The number of likely N-dealkylation sites (N-methyl/N-ethyl adjacent to an activating group) is 1. The summed E-state index contributed by atoms with van der Waals surface area (Å²) in [6, 6.07) is 11.1. The van der Waals surface area contributed by atoms with E-state index in [-0.39, 0.29) is 5.75 Å². The maximum atomic E-state index is 9.64. The molecule has 2 heterocycles. The van der Waals surface area contributed by atoms with Crippen LogP contribution in [-0.2, 0) is 6.42 Å². The maximum Gasteiger partial charge on any atom is 0.208 e. The van der Waals surface area contributed by atoms with Gasteiger partial charge in [-0.25, -0.2) is 0 Å². The predicted octanol–water partition coefficient (Wildman–Crippen LogP) is 2.99. The van der Waals surface area contributed by atoms with Crippen molar-refractivity contribution in [3.8, 4) is 22.2 Å². The number of aromatic hydroxyl groups is 1. The lowest BCUT2D eigenvalue weighted by Gasteiger charge is -2.15. The third kappa shape index (κ3) is 3.62. The van der Waals surface area contributed by atoms with Crippen molar-refractivity contribution in [3.63, 3.8) is 0 Å². The third-order valence-corrected chi connectivity index (χ3v) is 4.66. The zero-order valence-electron chi connectivity index (χ0n) is 13.5. The van der Waals surface area contributed by atoms with Crippen LogP contribution in [-0.4, -0.2) is 41.0 Å². The van der Waals surface area contributed by atoms with Crippen molar-refractivity contribution in [2.75, 3.05) is 25.6 Å². The van der Waals surface area contributed by atoms with Crippen LogP contribution in [0.2, 0.25) is 0 Å². The summed E-state index contributed by atoms with van der Waals surface area (Å²) in [5.74, 6) is 0.641. The first-order chi connectivity index (χ1) is 11.7. The molecule has 1 aromatic carbocycles. The number of nitrogens with zero attached hydrogens (tertiary/aromatic N) is 4. The zero-order chi connectivity index (χ0) is 16.9. The minimum Gasteiger partial charge on any atom is -0.504 e. The molecule has 124 valence electrons. The van der Waals surface area contributed by atoms with Gasteiger partial charge in [-0.1, -0.05) is 23.5 Å². The van der Waals surface area contributed by atoms with Gasteiger partial charge in [0.2, 0.25) is 5.13 Å². The van der Waals surface area contributed by atoms with Gasteiger partial charge in [-0.05, 0) is 36.2 Å². The van der Waals surface area contributed by atoms with E-state index in [0.717, 1.165) is 34.4 Å². The van der Waals surface area contributed by atoms with E-state index in [4.69, 9.17) is 4.74 Å². The number of ether oxygens (including phenoxy) is 1. The molecular weight excluding hydrogens is 324 g/mol. The molecular formula is C17H18N4O2S. The molecule has 3 rings (SSSR count). The second kappa shape index (κ2) is 7.27. The Morgan fingerprint density at radius 3 is 2.83 bits per heavy atom. The van der Waals surface area contributed by atoms with Crippen LogP contribution >= 0.6 is 11.3 Å². The van der Waals surface area contributed by atoms with Gasteiger partial charge in [-0.15, -0.1) is 10.2 Å². The number of pyridine rings is 1. The Morgan fingerprint density at radius 1 is 1.21 bits per heavy atom. The second-order valence-electron chi connectivity index (χ2n) is 5.28. The van der Waals surface area contributed by atoms with E-state index < -0.39 is 0 Å². The summed E-state index contributed by atoms with van der Waals surface area (Å²) >= 11 is 1.52. The van der Waals surface area contributed by atoms with Gasteiger partial charge < -0.3 is 14.7 Å². The highest BCUT2D eigenvalue weighted by molar-refractivity contribution is 7.18. The van der Waals surface area contributed by atoms with E-state index in [0.29, 0.717) is 5.75 Å². The SMILES string of the molecule is COc1cc(CCN(C)c2nnc(-c3ccccn3)s2)ccc1O. The van der Waals surface area contributed by atoms with Gasteiger partial charge in [-0.3, -0.25) is 4.98 Å². The van der Waals surface area contributed by atoms with Crippen molar-refractivity contribution < 1.29 is 9.84 Å². The van der Waals surface area contributed by atoms with Gasteiger partial charge in [0, 0.05) is 19.8 Å². The Balaban J connectivity index is 1.65. The van der Waals surface area contributed by atoms with Crippen LogP contribution in [0.1, 0.15) is 5.56 Å². The van der Waals surface area contributed by atoms with Crippen molar-refractivity contribution in [1.82, 2.24) is 15.2 Å². The Kier molecular flexibility index (Phi) is 4.90. The molecule has 0 unspecified atom stereocenters. The highest BCUT2D eigenvalue weighted by Crippen LogP contribution is 2.28. The zero-order valence-corrected chi connectivity index (χ0v) is 14.3. The smallest absolute Gasteiger partial charge is 0.208 e. The quantitative estimate of drug-likeness (QED) is 0.742. The van der Waals surface area contributed by atoms with Crippen LogP contribution in [0.4, 0.5) is 5.13 Å². The molecule has 1 N–H and O–H groups in total. The minimum atomic E-state index is 0.152. The topological polar surface area (TPSA) is 71.4 Å². The van der Waals surface area contributed by atoms with Gasteiger partial charge >= 0.3 is 0 Å². The molecule has 0 saturated carbocycles. The molecule has 0 saturated heterocycles. The van der Waals surface area contributed by atoms with E-state index in [1.54, 1.807) is 19.4 Å². The lowest BCUT2D eigenvalue weighted by molar-refractivity contribution is 0.373. The standard InChI is InChI=1S/C17H18N4O2S/c1-21(10-8-12-6-7-14(22)15(11-12)23-2)17-20-19-16(24-17)13-5-3-4-9-18-13/h3-7,9,11,22H,8,10H2,1-2H3. The maximum absolute atomic E-state index is 9.64. The molecule has 0 atom stereocenters. The lowest BCUT2D eigenvalue weighted by atomic mass is 10.1. The summed E-state index contributed by atoms with van der Waals surface area (Å²) in [5, 5.41) is 19.8. The van der Waals surface area contributed by atoms with Crippen molar-refractivity contribution in [2.24, 2.45) is 0 Å². The normalized spacial score (nSPS) is 10.6. The number of anilines is 1. The molecule has 0 radical (unpaired) electrons.